The first-order chi connectivity index (χ1) is 39.7. The number of rotatable bonds is 21. The number of fused-ring (bicyclic) bond motifs is 5. The van der Waals surface area contributed by atoms with Crippen LogP contribution in [0.4, 0.5) is 4.79 Å². The summed E-state index contributed by atoms with van der Waals surface area (Å²) in [5.74, 6) is -8.48. The van der Waals surface area contributed by atoms with E-state index in [1.807, 2.05) is 6.07 Å². The second-order valence-corrected chi connectivity index (χ2v) is 23.0. The van der Waals surface area contributed by atoms with Crippen molar-refractivity contribution in [2.45, 2.75) is 157 Å². The Bertz CT molecular complexity index is 2580. The number of carbonyl (C=O) groups excluding carboxylic acids is 9. The van der Waals surface area contributed by atoms with Crippen LogP contribution in [-0.4, -0.2) is 211 Å². The van der Waals surface area contributed by atoms with Gasteiger partial charge in [-0.25, -0.2) is 4.79 Å². The van der Waals surface area contributed by atoms with Crippen molar-refractivity contribution in [3.63, 3.8) is 0 Å². The van der Waals surface area contributed by atoms with Gasteiger partial charge in [0.25, 0.3) is 0 Å². The number of aromatic amines is 1. The van der Waals surface area contributed by atoms with Crippen molar-refractivity contribution in [2.24, 2.45) is 11.8 Å². The standard InChI is InChI=1S/C57H84N8O17S/c1-34-46(68)27-37-26-42-41-14-10-11-15-43(41)63-54(42)83-32-44(55(75)65-31-39(67)29-45(65)52(73)60-34)62-53(74)49(36(3)66)64-50(71)35(2)61-51(72)38(28-47(37)69)30-57(4,77)33-59-48(70)16-18-78-20-22-80-24-25-81-23-21-79-19-17-58-56(76)82-40-12-8-6-5-7-9-13-40/h5-6,10-11,14-15,34-40,44-45,49,63,66-67,77H,7-9,12-13,16-33H2,1-4H3,(H,58,76)(H,59,70)(H,60,73)(H,61,72)(H,62,74)(H,64,71)/b6-5+/t34-,35-,36-,37+,38+,39+,40?,44+,45-,49+,57+/m0/s1. The molecule has 0 spiro atoms. The zero-order valence-corrected chi connectivity index (χ0v) is 48.7. The molecule has 1 aromatic carbocycles. The number of aliphatic hydroxyl groups excluding tert-OH is 2. The monoisotopic (exact) mass is 1180 g/mol. The highest BCUT2D eigenvalue weighted by Crippen LogP contribution is 2.35. The van der Waals surface area contributed by atoms with Gasteiger partial charge in [-0.15, -0.1) is 11.8 Å². The molecule has 0 saturated carbocycles. The normalized spacial score (nSPS) is 26.9. The summed E-state index contributed by atoms with van der Waals surface area (Å²) >= 11 is 1.12. The number of hydrogen-bond donors (Lipinski definition) is 10. The Morgan fingerprint density at radius 3 is 2.18 bits per heavy atom. The van der Waals surface area contributed by atoms with Crippen molar-refractivity contribution in [2.75, 3.05) is 78.2 Å². The Balaban J connectivity index is 1.05. The van der Waals surface area contributed by atoms with Crippen molar-refractivity contribution < 1.29 is 82.2 Å². The number of amides is 7. The molecule has 1 aliphatic carbocycles. The van der Waals surface area contributed by atoms with Crippen LogP contribution in [0, 0.1) is 11.8 Å². The summed E-state index contributed by atoms with van der Waals surface area (Å²) in [5.41, 5.74) is -0.580. The molecule has 83 heavy (non-hydrogen) atoms. The highest BCUT2D eigenvalue weighted by Gasteiger charge is 2.44. The van der Waals surface area contributed by atoms with E-state index in [2.05, 4.69) is 49.0 Å². The van der Waals surface area contributed by atoms with Gasteiger partial charge in [0.1, 0.15) is 36.1 Å². The fourth-order valence-corrected chi connectivity index (χ4v) is 11.4. The molecule has 1 saturated heterocycles. The Hall–Kier alpha value is -6.00. The smallest absolute Gasteiger partial charge is 0.407 e. The molecule has 7 amide bonds. The van der Waals surface area contributed by atoms with Gasteiger partial charge >= 0.3 is 6.09 Å². The van der Waals surface area contributed by atoms with Gasteiger partial charge in [-0.05, 0) is 84.3 Å². The van der Waals surface area contributed by atoms with Gasteiger partial charge in [-0.3, -0.25) is 38.4 Å². The maximum atomic E-state index is 14.9. The van der Waals surface area contributed by atoms with Crippen molar-refractivity contribution in [3.05, 3.63) is 42.0 Å². The summed E-state index contributed by atoms with van der Waals surface area (Å²) in [6.07, 6.45) is 3.95. The second kappa shape index (κ2) is 32.9. The van der Waals surface area contributed by atoms with Gasteiger partial charge in [0.15, 0.2) is 5.78 Å². The van der Waals surface area contributed by atoms with Gasteiger partial charge in [0, 0.05) is 73.8 Å². The van der Waals surface area contributed by atoms with Crippen molar-refractivity contribution in [1.82, 2.24) is 41.8 Å². The van der Waals surface area contributed by atoms with E-state index in [9.17, 15) is 58.5 Å². The number of Topliss-reactive ketones (excluding diaryl/α,β-unsaturated/α-hetero) is 2. The van der Waals surface area contributed by atoms with Gasteiger partial charge in [-0.1, -0.05) is 30.4 Å². The number of ether oxygens (including phenoxy) is 5. The molecule has 0 radical (unpaired) electrons. The minimum Gasteiger partial charge on any atom is -0.446 e. The molecule has 1 fully saturated rings. The molecular weight excluding hydrogens is 1100 g/mol. The highest BCUT2D eigenvalue weighted by molar-refractivity contribution is 7.99. The molecule has 4 aliphatic rings. The SMILES string of the molecule is C[C@@H]1NC(=O)[C@@H]2C[C@@H](O)CN2C(=O)[C@H]2CSc3[nH]c4ccccc4c3C[C@H](CC1=O)C(=O)C[C@H](C[C@@](C)(O)CNC(=O)CCOCCOCCOCCOCCNC(=O)OC1CC/C=C/CCC1)C(=O)N[C@@H](C)C(=O)N[C@H]([C@H](C)O)C(=O)N2. The number of aliphatic hydroxyl groups is 3. The quantitative estimate of drug-likeness (QED) is 0.0605. The molecule has 2 bridgehead atoms. The Morgan fingerprint density at radius 2 is 1.46 bits per heavy atom. The number of hydrogen-bond acceptors (Lipinski definition) is 18. The van der Waals surface area contributed by atoms with Crippen molar-refractivity contribution >= 4 is 75.8 Å². The van der Waals surface area contributed by atoms with Crippen LogP contribution >= 0.6 is 11.8 Å². The number of nitrogens with one attached hydrogen (secondary N) is 7. The van der Waals surface area contributed by atoms with E-state index >= 15 is 0 Å². The van der Waals surface area contributed by atoms with Gasteiger partial charge in [-0.2, -0.15) is 0 Å². The number of carbonyl (C=O) groups is 9. The lowest BCUT2D eigenvalue weighted by Gasteiger charge is -2.31. The summed E-state index contributed by atoms with van der Waals surface area (Å²) in [6.45, 7) is 7.05. The minimum atomic E-state index is -1.83. The molecule has 3 aliphatic heterocycles. The molecule has 1 aromatic heterocycles. The van der Waals surface area contributed by atoms with Crippen LogP contribution in [0.5, 0.6) is 0 Å². The molecule has 1 unspecified atom stereocenters. The van der Waals surface area contributed by atoms with Crippen LogP contribution in [0.15, 0.2) is 41.4 Å². The summed E-state index contributed by atoms with van der Waals surface area (Å²) < 4.78 is 27.6. The molecular formula is C57H84N8O17S. The third-order valence-electron chi connectivity index (χ3n) is 14.9. The van der Waals surface area contributed by atoms with Crippen LogP contribution in [0.3, 0.4) is 0 Å². The summed E-state index contributed by atoms with van der Waals surface area (Å²) in [6, 6.07) is 0.301. The van der Waals surface area contributed by atoms with Crippen LogP contribution in [0.25, 0.3) is 10.9 Å². The van der Waals surface area contributed by atoms with E-state index in [4.69, 9.17) is 23.7 Å². The maximum absolute atomic E-state index is 14.9. The molecule has 2 aromatic rings. The minimum absolute atomic E-state index is 0.0207. The van der Waals surface area contributed by atoms with Crippen molar-refractivity contribution in [3.8, 4) is 0 Å². The topological polar surface area (TPSA) is 352 Å². The number of alkyl carbamates (subject to hydrolysis) is 1. The van der Waals surface area contributed by atoms with Crippen molar-refractivity contribution in [1.29, 1.82) is 0 Å². The Labute approximate surface area is 487 Å². The number of benzene rings is 1. The number of aromatic nitrogens is 1. The zero-order chi connectivity index (χ0) is 60.1. The lowest BCUT2D eigenvalue weighted by atomic mass is 9.81. The Morgan fingerprint density at radius 1 is 0.783 bits per heavy atom. The molecule has 11 atom stereocenters. The summed E-state index contributed by atoms with van der Waals surface area (Å²) in [4.78, 5) is 129. The third kappa shape index (κ3) is 20.9. The van der Waals surface area contributed by atoms with E-state index in [0.29, 0.717) is 61.1 Å². The summed E-state index contributed by atoms with van der Waals surface area (Å²) in [5, 5.41) is 50.3. The van der Waals surface area contributed by atoms with Crippen LogP contribution < -0.4 is 31.9 Å². The molecule has 26 heteroatoms. The fourth-order valence-electron chi connectivity index (χ4n) is 10.3. The first-order valence-corrected chi connectivity index (χ1v) is 29.7. The maximum Gasteiger partial charge on any atom is 0.407 e. The van der Waals surface area contributed by atoms with Crippen LogP contribution in [0.2, 0.25) is 0 Å². The van der Waals surface area contributed by atoms with Gasteiger partial charge in [0.05, 0.1) is 81.7 Å². The predicted octanol–water partition coefficient (Wildman–Crippen LogP) is 0.631. The molecule has 10 N–H and O–H groups in total. The largest absolute Gasteiger partial charge is 0.446 e. The number of nitrogens with zero attached hydrogens (tertiary/aromatic N) is 1. The van der Waals surface area contributed by atoms with Crippen LogP contribution in [0.1, 0.15) is 97.5 Å². The Kier molecular flexibility index (Phi) is 26.2. The zero-order valence-electron chi connectivity index (χ0n) is 47.9. The number of thioether (sulfide) groups is 1. The first kappa shape index (κ1) is 66.1. The third-order valence-corrected chi connectivity index (χ3v) is 16.1. The lowest BCUT2D eigenvalue weighted by molar-refractivity contribution is -0.142. The van der Waals surface area contributed by atoms with Crippen LogP contribution in [-0.2, 0) is 68.5 Å². The number of para-hydroxylation sites is 1. The average molecular weight is 1190 g/mol. The van der Waals surface area contributed by atoms with E-state index < -0.39 is 132 Å². The average Bonchev–Trinajstić information content (AvgIpc) is 4.22. The second-order valence-electron chi connectivity index (χ2n) is 22.0. The molecule has 6 rings (SSSR count). The van der Waals surface area contributed by atoms with E-state index in [0.717, 1.165) is 48.8 Å². The first-order valence-electron chi connectivity index (χ1n) is 28.7. The molecule has 4 heterocycles. The fraction of sp³-hybridized carbons (Fsp3) is 0.667. The molecule has 25 nitrogen and oxygen atoms in total. The van der Waals surface area contributed by atoms with Gasteiger partial charge < -0.3 is 80.8 Å². The number of ketones is 2. The predicted molar refractivity (Wildman–Crippen MR) is 302 cm³/mol. The lowest BCUT2D eigenvalue weighted by Crippen LogP contribution is -2.61. The number of H-pyrrole nitrogens is 1. The van der Waals surface area contributed by atoms with Gasteiger partial charge in [0.2, 0.25) is 35.4 Å². The highest BCUT2D eigenvalue weighted by atomic mass is 32.2. The van der Waals surface area contributed by atoms with E-state index in [-0.39, 0.29) is 64.0 Å². The number of allylic oxidation sites excluding steroid dienone is 2. The summed E-state index contributed by atoms with van der Waals surface area (Å²) in [7, 11) is 0. The van der Waals surface area contributed by atoms with E-state index in [1.165, 1.54) is 27.7 Å². The van der Waals surface area contributed by atoms with E-state index in [1.54, 1.807) is 18.2 Å². The molecule has 460 valence electrons.